The zero-order chi connectivity index (χ0) is 8.43. The summed E-state index contributed by atoms with van der Waals surface area (Å²) in [6.07, 6.45) is 0.480. The first-order valence-electron chi connectivity index (χ1n) is 3.27. The summed E-state index contributed by atoms with van der Waals surface area (Å²) >= 11 is 0. The Morgan fingerprint density at radius 3 is 2.73 bits per heavy atom. The van der Waals surface area contributed by atoms with E-state index in [1.165, 1.54) is 0 Å². The van der Waals surface area contributed by atoms with Gasteiger partial charge in [0.05, 0.1) is 0 Å². The summed E-state index contributed by atoms with van der Waals surface area (Å²) in [5, 5.41) is 17.3. The smallest absolute Gasteiger partial charge is 0.331 e. The Labute approximate surface area is 63.1 Å². The normalized spacial score (nSPS) is 24.6. The minimum absolute atomic E-state index is 0.0836. The first kappa shape index (κ1) is 7.94. The van der Waals surface area contributed by atoms with Crippen LogP contribution in [-0.2, 0) is 9.59 Å². The van der Waals surface area contributed by atoms with Gasteiger partial charge in [0.25, 0.3) is 0 Å². The molecule has 0 aromatic carbocycles. The number of rotatable bonds is 1. The van der Waals surface area contributed by atoms with Crippen LogP contribution in [0, 0.1) is 0 Å². The molecule has 0 unspecified atom stereocenters. The lowest BCUT2D eigenvalue weighted by Crippen LogP contribution is -2.24. The summed E-state index contributed by atoms with van der Waals surface area (Å²) in [6.45, 7) is 0. The van der Waals surface area contributed by atoms with Crippen LogP contribution in [0.15, 0.2) is 11.6 Å². The number of carboxylic acid groups (broad SMARTS) is 1. The predicted octanol–water partition coefficient (Wildman–Crippen LogP) is -0.279. The van der Waals surface area contributed by atoms with Gasteiger partial charge in [-0.05, 0) is 18.9 Å². The summed E-state index contributed by atoms with van der Waals surface area (Å²) in [4.78, 5) is 21.0. The van der Waals surface area contributed by atoms with Crippen molar-refractivity contribution in [2.24, 2.45) is 0 Å². The number of carbonyl (C=O) groups is 2. The third-order valence-corrected chi connectivity index (χ3v) is 1.61. The molecular formula is C7H8O4. The van der Waals surface area contributed by atoms with E-state index in [2.05, 4.69) is 0 Å². The Kier molecular flexibility index (Phi) is 2.05. The minimum Gasteiger partial charge on any atom is -0.478 e. The van der Waals surface area contributed by atoms with Crippen molar-refractivity contribution in [1.29, 1.82) is 0 Å². The van der Waals surface area contributed by atoms with Crippen LogP contribution in [0.3, 0.4) is 0 Å². The van der Waals surface area contributed by atoms with Gasteiger partial charge in [0, 0.05) is 5.57 Å². The van der Waals surface area contributed by atoms with E-state index >= 15 is 0 Å². The van der Waals surface area contributed by atoms with Crippen molar-refractivity contribution in [1.82, 2.24) is 0 Å². The number of aliphatic hydroxyl groups is 1. The third kappa shape index (κ3) is 1.65. The molecule has 0 saturated carbocycles. The number of hydrogen-bond donors (Lipinski definition) is 2. The molecule has 0 aromatic heterocycles. The van der Waals surface area contributed by atoms with Crippen LogP contribution in [0.1, 0.15) is 12.8 Å². The molecule has 0 spiro atoms. The lowest BCUT2D eigenvalue weighted by Gasteiger charge is -2.12. The maximum Gasteiger partial charge on any atom is 0.331 e. The Bertz CT molecular complexity index is 229. The number of hydrogen-bond acceptors (Lipinski definition) is 3. The van der Waals surface area contributed by atoms with Crippen molar-refractivity contribution in [3.8, 4) is 0 Å². The maximum atomic E-state index is 10.7. The molecule has 0 amide bonds. The monoisotopic (exact) mass is 156 g/mol. The van der Waals surface area contributed by atoms with E-state index in [-0.39, 0.29) is 18.4 Å². The van der Waals surface area contributed by atoms with Gasteiger partial charge in [-0.2, -0.15) is 0 Å². The molecule has 0 radical (unpaired) electrons. The molecule has 1 atom stereocenters. The summed E-state index contributed by atoms with van der Waals surface area (Å²) < 4.78 is 0. The summed E-state index contributed by atoms with van der Waals surface area (Å²) in [7, 11) is 0. The average Bonchev–Trinajstić information content (AvgIpc) is 1.94. The molecule has 0 aliphatic heterocycles. The van der Waals surface area contributed by atoms with Crippen molar-refractivity contribution >= 4 is 11.8 Å². The van der Waals surface area contributed by atoms with Gasteiger partial charge < -0.3 is 10.2 Å². The molecule has 1 aliphatic rings. The number of ketones is 1. The number of aliphatic hydroxyl groups excluding tert-OH is 1. The molecule has 0 fully saturated rings. The summed E-state index contributed by atoms with van der Waals surface area (Å²) in [5.74, 6) is -1.58. The first-order chi connectivity index (χ1) is 5.11. The van der Waals surface area contributed by atoms with Crippen LogP contribution in [0.2, 0.25) is 0 Å². The molecule has 1 rings (SSSR count). The van der Waals surface area contributed by atoms with Gasteiger partial charge in [-0.25, -0.2) is 4.79 Å². The summed E-state index contributed by atoms with van der Waals surface area (Å²) in [5.41, 5.74) is 0.0836. The zero-order valence-electron chi connectivity index (χ0n) is 5.78. The van der Waals surface area contributed by atoms with E-state index < -0.39 is 17.9 Å². The molecule has 4 nitrogen and oxygen atoms in total. The zero-order valence-corrected chi connectivity index (χ0v) is 5.78. The number of carbonyl (C=O) groups excluding carboxylic acids is 1. The van der Waals surface area contributed by atoms with Gasteiger partial charge in [0.2, 0.25) is 0 Å². The van der Waals surface area contributed by atoms with E-state index in [0.717, 1.165) is 6.08 Å². The molecule has 60 valence electrons. The van der Waals surface area contributed by atoms with Gasteiger partial charge >= 0.3 is 5.97 Å². The van der Waals surface area contributed by atoms with Crippen LogP contribution in [0.25, 0.3) is 0 Å². The van der Waals surface area contributed by atoms with Crippen LogP contribution >= 0.6 is 0 Å². The predicted molar refractivity (Wildman–Crippen MR) is 36.0 cm³/mol. The van der Waals surface area contributed by atoms with E-state index in [1.807, 2.05) is 0 Å². The quantitative estimate of drug-likeness (QED) is 0.547. The highest BCUT2D eigenvalue weighted by atomic mass is 16.4. The van der Waals surface area contributed by atoms with Gasteiger partial charge in [0.15, 0.2) is 5.78 Å². The maximum absolute atomic E-state index is 10.7. The number of carboxylic acids is 1. The van der Waals surface area contributed by atoms with Crippen molar-refractivity contribution in [2.75, 3.05) is 0 Å². The molecule has 0 aromatic rings. The molecule has 2 N–H and O–H groups in total. The highest BCUT2D eigenvalue weighted by Crippen LogP contribution is 2.15. The van der Waals surface area contributed by atoms with E-state index in [0.29, 0.717) is 0 Å². The lowest BCUT2D eigenvalue weighted by atomic mass is 9.96. The topological polar surface area (TPSA) is 74.6 Å². The average molecular weight is 156 g/mol. The van der Waals surface area contributed by atoms with Crippen molar-refractivity contribution in [3.63, 3.8) is 0 Å². The fourth-order valence-electron chi connectivity index (χ4n) is 0.943. The van der Waals surface area contributed by atoms with Crippen LogP contribution < -0.4 is 0 Å². The Morgan fingerprint density at radius 1 is 1.64 bits per heavy atom. The van der Waals surface area contributed by atoms with Crippen LogP contribution in [0.5, 0.6) is 0 Å². The lowest BCUT2D eigenvalue weighted by molar-refractivity contribution is -0.134. The Morgan fingerprint density at radius 2 is 2.27 bits per heavy atom. The van der Waals surface area contributed by atoms with Gasteiger partial charge in [0.1, 0.15) is 6.10 Å². The van der Waals surface area contributed by atoms with E-state index in [4.69, 9.17) is 10.2 Å². The second-order valence-corrected chi connectivity index (χ2v) is 2.43. The second kappa shape index (κ2) is 2.84. The highest BCUT2D eigenvalue weighted by Gasteiger charge is 2.22. The summed E-state index contributed by atoms with van der Waals surface area (Å²) in [6, 6.07) is 0. The molecular weight excluding hydrogens is 148 g/mol. The minimum atomic E-state index is -1.08. The molecule has 4 heteroatoms. The SMILES string of the molecule is O=C(O)C1=CC(=O)[C@@H](O)CC1. The molecule has 0 bridgehead atoms. The van der Waals surface area contributed by atoms with E-state index in [1.54, 1.807) is 0 Å². The van der Waals surface area contributed by atoms with Crippen molar-refractivity contribution in [2.45, 2.75) is 18.9 Å². The molecule has 0 heterocycles. The van der Waals surface area contributed by atoms with Crippen molar-refractivity contribution < 1.29 is 19.8 Å². The van der Waals surface area contributed by atoms with E-state index in [9.17, 15) is 9.59 Å². The second-order valence-electron chi connectivity index (χ2n) is 2.43. The molecule has 0 saturated heterocycles. The Hall–Kier alpha value is -1.16. The standard InChI is InChI=1S/C7H8O4/c8-5-2-1-4(7(10)11)3-6(5)9/h3,5,8H,1-2H2,(H,10,11)/t5-/m0/s1. The fraction of sp³-hybridized carbons (Fsp3) is 0.429. The van der Waals surface area contributed by atoms with Crippen LogP contribution in [0.4, 0.5) is 0 Å². The third-order valence-electron chi connectivity index (χ3n) is 1.61. The Balaban J connectivity index is 2.79. The largest absolute Gasteiger partial charge is 0.478 e. The van der Waals surface area contributed by atoms with Crippen LogP contribution in [-0.4, -0.2) is 28.1 Å². The van der Waals surface area contributed by atoms with Crippen molar-refractivity contribution in [3.05, 3.63) is 11.6 Å². The fourth-order valence-corrected chi connectivity index (χ4v) is 0.943. The first-order valence-corrected chi connectivity index (χ1v) is 3.27. The van der Waals surface area contributed by atoms with Gasteiger partial charge in [-0.1, -0.05) is 0 Å². The number of aliphatic carboxylic acids is 1. The highest BCUT2D eigenvalue weighted by molar-refractivity contribution is 6.02. The molecule has 1 aliphatic carbocycles. The van der Waals surface area contributed by atoms with Gasteiger partial charge in [-0.3, -0.25) is 4.79 Å². The molecule has 11 heavy (non-hydrogen) atoms. The van der Waals surface area contributed by atoms with Gasteiger partial charge in [-0.15, -0.1) is 0 Å².